The molecule has 4 aromatic rings. The number of benzene rings is 1. The van der Waals surface area contributed by atoms with Gasteiger partial charge in [0.2, 0.25) is 0 Å². The molecule has 136 valence electrons. The molecule has 0 saturated heterocycles. The van der Waals surface area contributed by atoms with Crippen LogP contribution in [0.25, 0.3) is 11.3 Å². The predicted molar refractivity (Wildman–Crippen MR) is 109 cm³/mol. The first-order valence-electron chi connectivity index (χ1n) is 8.43. The molecule has 0 fully saturated rings. The summed E-state index contributed by atoms with van der Waals surface area (Å²) in [6.45, 7) is 4.17. The molecule has 0 amide bonds. The molecule has 0 spiro atoms. The van der Waals surface area contributed by atoms with Crippen LogP contribution in [-0.4, -0.2) is 18.9 Å². The zero-order valence-electron chi connectivity index (χ0n) is 14.9. The Morgan fingerprint density at radius 3 is 2.81 bits per heavy atom. The van der Waals surface area contributed by atoms with Gasteiger partial charge in [0, 0.05) is 30.4 Å². The number of nitrogens with zero attached hydrogens (tertiary/aromatic N) is 4. The second-order valence-corrected chi connectivity index (χ2v) is 7.70. The number of thioether (sulfide) groups is 1. The Bertz CT molecular complexity index is 1200. The van der Waals surface area contributed by atoms with E-state index < -0.39 is 0 Å². The third-order valence-electron chi connectivity index (χ3n) is 4.24. The monoisotopic (exact) mass is 396 g/mol. The highest BCUT2D eigenvalue weighted by Gasteiger charge is 2.10. The molecule has 0 aliphatic heterocycles. The van der Waals surface area contributed by atoms with E-state index >= 15 is 0 Å². The fraction of sp³-hybridized carbons (Fsp3) is 0.150. The van der Waals surface area contributed by atoms with Crippen molar-refractivity contribution in [2.24, 2.45) is 0 Å². The van der Waals surface area contributed by atoms with Crippen molar-refractivity contribution in [3.63, 3.8) is 0 Å². The molecular formula is C20H17ClN4OS. The van der Waals surface area contributed by atoms with E-state index in [1.807, 2.05) is 6.20 Å². The molecule has 0 atom stereocenters. The van der Waals surface area contributed by atoms with Gasteiger partial charge in [-0.2, -0.15) is 0 Å². The van der Waals surface area contributed by atoms with Crippen molar-refractivity contribution in [2.75, 3.05) is 0 Å². The van der Waals surface area contributed by atoms with Crippen LogP contribution in [0.5, 0.6) is 0 Å². The molecule has 27 heavy (non-hydrogen) atoms. The van der Waals surface area contributed by atoms with Gasteiger partial charge in [0.25, 0.3) is 5.56 Å². The number of aromatic nitrogens is 4. The summed E-state index contributed by atoms with van der Waals surface area (Å²) in [5, 5.41) is 1.36. The van der Waals surface area contributed by atoms with Gasteiger partial charge in [-0.25, -0.2) is 9.97 Å². The van der Waals surface area contributed by atoms with Gasteiger partial charge in [-0.3, -0.25) is 13.8 Å². The van der Waals surface area contributed by atoms with Crippen molar-refractivity contribution in [3.8, 4) is 5.69 Å². The Morgan fingerprint density at radius 2 is 2.00 bits per heavy atom. The number of fused-ring (bicyclic) bond motifs is 1. The van der Waals surface area contributed by atoms with E-state index in [1.165, 1.54) is 15.5 Å². The fourth-order valence-electron chi connectivity index (χ4n) is 2.99. The Hall–Kier alpha value is -2.57. The smallest absolute Gasteiger partial charge is 0.258 e. The van der Waals surface area contributed by atoms with Crippen LogP contribution in [0.15, 0.2) is 64.9 Å². The SMILES string of the molecule is Cc1ccc(-n2ccnc2SCc2cc(=O)n3cc(Cl)ccc3n2)c(C)c1. The predicted octanol–water partition coefficient (Wildman–Crippen LogP) is 4.44. The molecular weight excluding hydrogens is 380 g/mol. The number of aryl methyl sites for hydroxylation is 2. The fourth-order valence-corrected chi connectivity index (χ4v) is 4.01. The molecule has 1 aromatic carbocycles. The molecule has 0 aliphatic carbocycles. The minimum absolute atomic E-state index is 0.143. The maximum absolute atomic E-state index is 12.3. The molecule has 0 aliphatic rings. The first kappa shape index (κ1) is 17.8. The van der Waals surface area contributed by atoms with Gasteiger partial charge in [0.15, 0.2) is 5.16 Å². The summed E-state index contributed by atoms with van der Waals surface area (Å²) < 4.78 is 3.51. The number of pyridine rings is 1. The van der Waals surface area contributed by atoms with E-state index in [1.54, 1.807) is 42.4 Å². The lowest BCUT2D eigenvalue weighted by atomic mass is 10.1. The summed E-state index contributed by atoms with van der Waals surface area (Å²) in [6, 6.07) is 11.4. The van der Waals surface area contributed by atoms with Gasteiger partial charge in [0.05, 0.1) is 16.4 Å². The molecule has 0 bridgehead atoms. The van der Waals surface area contributed by atoms with E-state index in [4.69, 9.17) is 11.6 Å². The average Bonchev–Trinajstić information content (AvgIpc) is 3.09. The Balaban J connectivity index is 1.62. The molecule has 4 rings (SSSR count). The van der Waals surface area contributed by atoms with Crippen molar-refractivity contribution < 1.29 is 0 Å². The van der Waals surface area contributed by atoms with Gasteiger partial charge in [-0.1, -0.05) is 41.1 Å². The first-order valence-corrected chi connectivity index (χ1v) is 9.79. The van der Waals surface area contributed by atoms with Crippen molar-refractivity contribution in [3.05, 3.63) is 87.2 Å². The second kappa shape index (κ2) is 7.21. The van der Waals surface area contributed by atoms with Crippen LogP contribution < -0.4 is 5.56 Å². The van der Waals surface area contributed by atoms with Crippen LogP contribution in [0.2, 0.25) is 5.02 Å². The highest BCUT2D eigenvalue weighted by atomic mass is 35.5. The first-order chi connectivity index (χ1) is 13.0. The number of imidazole rings is 1. The lowest BCUT2D eigenvalue weighted by Gasteiger charge is -2.11. The standard InChI is InChI=1S/C20H17ClN4OS/c1-13-3-5-17(14(2)9-13)24-8-7-22-20(24)27-12-16-10-19(26)25-11-15(21)4-6-18(25)23-16/h3-11H,12H2,1-2H3. The van der Waals surface area contributed by atoms with Crippen molar-refractivity contribution >= 4 is 29.0 Å². The normalized spacial score (nSPS) is 11.2. The molecule has 0 N–H and O–H groups in total. The average molecular weight is 397 g/mol. The lowest BCUT2D eigenvalue weighted by Crippen LogP contribution is -2.15. The molecule has 7 heteroatoms. The van der Waals surface area contributed by atoms with Crippen molar-refractivity contribution in [2.45, 2.75) is 24.8 Å². The Labute approximate surface area is 165 Å². The lowest BCUT2D eigenvalue weighted by molar-refractivity contribution is 0.885. The van der Waals surface area contributed by atoms with Gasteiger partial charge in [-0.15, -0.1) is 0 Å². The topological polar surface area (TPSA) is 52.2 Å². The molecule has 3 heterocycles. The van der Waals surface area contributed by atoms with Crippen molar-refractivity contribution in [1.82, 2.24) is 18.9 Å². The minimum Gasteiger partial charge on any atom is -0.295 e. The van der Waals surface area contributed by atoms with E-state index in [-0.39, 0.29) is 5.56 Å². The molecule has 0 radical (unpaired) electrons. The molecule has 3 aromatic heterocycles. The van der Waals surface area contributed by atoms with Gasteiger partial charge in [-0.05, 0) is 37.6 Å². The van der Waals surface area contributed by atoms with Crippen molar-refractivity contribution in [1.29, 1.82) is 0 Å². The Kier molecular flexibility index (Phi) is 4.76. The Morgan fingerprint density at radius 1 is 1.15 bits per heavy atom. The maximum Gasteiger partial charge on any atom is 0.258 e. The van der Waals surface area contributed by atoms with Gasteiger partial charge < -0.3 is 0 Å². The summed E-state index contributed by atoms with van der Waals surface area (Å²) in [7, 11) is 0. The number of hydrogen-bond acceptors (Lipinski definition) is 4. The highest BCUT2D eigenvalue weighted by Crippen LogP contribution is 2.25. The zero-order chi connectivity index (χ0) is 19.0. The van der Waals surface area contributed by atoms with E-state index in [9.17, 15) is 4.79 Å². The molecule has 0 saturated carbocycles. The second-order valence-electron chi connectivity index (χ2n) is 6.32. The number of halogens is 1. The van der Waals surface area contributed by atoms with E-state index in [2.05, 4.69) is 46.6 Å². The molecule has 0 unspecified atom stereocenters. The summed E-state index contributed by atoms with van der Waals surface area (Å²) in [6.07, 6.45) is 5.31. The third-order valence-corrected chi connectivity index (χ3v) is 5.47. The highest BCUT2D eigenvalue weighted by molar-refractivity contribution is 7.98. The van der Waals surface area contributed by atoms with Crippen LogP contribution >= 0.6 is 23.4 Å². The third kappa shape index (κ3) is 3.63. The maximum atomic E-state index is 12.3. The number of hydrogen-bond donors (Lipinski definition) is 0. The van der Waals surface area contributed by atoms with Crippen LogP contribution in [0.1, 0.15) is 16.8 Å². The zero-order valence-corrected chi connectivity index (χ0v) is 16.5. The minimum atomic E-state index is -0.143. The molecule has 5 nitrogen and oxygen atoms in total. The number of rotatable bonds is 4. The quantitative estimate of drug-likeness (QED) is 0.478. The van der Waals surface area contributed by atoms with Gasteiger partial charge in [0.1, 0.15) is 5.65 Å². The summed E-state index contributed by atoms with van der Waals surface area (Å²) in [4.78, 5) is 21.3. The van der Waals surface area contributed by atoms with Crippen LogP contribution in [0.3, 0.4) is 0 Å². The summed E-state index contributed by atoms with van der Waals surface area (Å²) in [5.41, 5.74) is 4.67. The summed E-state index contributed by atoms with van der Waals surface area (Å²) >= 11 is 7.50. The van der Waals surface area contributed by atoms with Crippen LogP contribution in [-0.2, 0) is 5.75 Å². The van der Waals surface area contributed by atoms with Crippen LogP contribution in [0, 0.1) is 13.8 Å². The van der Waals surface area contributed by atoms with Gasteiger partial charge >= 0.3 is 0 Å². The van der Waals surface area contributed by atoms with E-state index in [0.29, 0.717) is 22.1 Å². The van der Waals surface area contributed by atoms with E-state index in [0.717, 1.165) is 10.8 Å². The largest absolute Gasteiger partial charge is 0.295 e. The summed E-state index contributed by atoms with van der Waals surface area (Å²) in [5.74, 6) is 0.552. The van der Waals surface area contributed by atoms with Crippen LogP contribution in [0.4, 0.5) is 0 Å².